The zero-order valence-electron chi connectivity index (χ0n) is 12.7. The highest BCUT2D eigenvalue weighted by atomic mass is 32.2. The number of ether oxygens (including phenoxy) is 1. The molecule has 24 heavy (non-hydrogen) atoms. The number of sulfonamides is 1. The van der Waals surface area contributed by atoms with Crippen molar-refractivity contribution in [3.05, 3.63) is 60.2 Å². The zero-order chi connectivity index (χ0) is 17.2. The first kappa shape index (κ1) is 16.9. The lowest BCUT2D eigenvalue weighted by Gasteiger charge is -2.20. The van der Waals surface area contributed by atoms with Crippen molar-refractivity contribution in [1.29, 1.82) is 0 Å². The summed E-state index contributed by atoms with van der Waals surface area (Å²) in [7, 11) is -4.00. The molecule has 0 spiro atoms. The standard InChI is InChI=1S/C17H17F2NO3S/c18-17(19)23-14-8-4-5-9-15(14)24(21,22)20-16(13-10-11-13)12-6-2-1-3-7-12/h1-9,13,16-17,20H,10-11H2. The van der Waals surface area contributed by atoms with E-state index >= 15 is 0 Å². The number of alkyl halides is 2. The Bertz CT molecular complexity index is 792. The Morgan fingerprint density at radius 2 is 1.62 bits per heavy atom. The Morgan fingerprint density at radius 1 is 1.00 bits per heavy atom. The fourth-order valence-electron chi connectivity index (χ4n) is 2.62. The van der Waals surface area contributed by atoms with Gasteiger partial charge in [0.25, 0.3) is 0 Å². The molecule has 1 aliphatic rings. The number of hydrogen-bond acceptors (Lipinski definition) is 3. The largest absolute Gasteiger partial charge is 0.433 e. The molecule has 3 rings (SSSR count). The molecule has 1 saturated carbocycles. The predicted molar refractivity (Wildman–Crippen MR) is 85.3 cm³/mol. The van der Waals surface area contributed by atoms with E-state index in [-0.39, 0.29) is 22.6 Å². The van der Waals surface area contributed by atoms with Crippen LogP contribution >= 0.6 is 0 Å². The summed E-state index contributed by atoms with van der Waals surface area (Å²) in [6, 6.07) is 14.3. The normalized spacial score (nSPS) is 16.1. The maximum atomic E-state index is 12.7. The van der Waals surface area contributed by atoms with Crippen LogP contribution < -0.4 is 9.46 Å². The molecule has 0 amide bonds. The molecular formula is C17H17F2NO3S. The number of hydrogen-bond donors (Lipinski definition) is 1. The van der Waals surface area contributed by atoms with Crippen LogP contribution in [0.3, 0.4) is 0 Å². The summed E-state index contributed by atoms with van der Waals surface area (Å²) in [6.45, 7) is -3.09. The third-order valence-corrected chi connectivity index (χ3v) is 5.37. The van der Waals surface area contributed by atoms with Crippen molar-refractivity contribution < 1.29 is 21.9 Å². The van der Waals surface area contributed by atoms with Crippen LogP contribution in [0.2, 0.25) is 0 Å². The van der Waals surface area contributed by atoms with Crippen molar-refractivity contribution in [2.75, 3.05) is 0 Å². The zero-order valence-corrected chi connectivity index (χ0v) is 13.5. The lowest BCUT2D eigenvalue weighted by Crippen LogP contribution is -2.30. The van der Waals surface area contributed by atoms with E-state index in [1.807, 2.05) is 30.3 Å². The van der Waals surface area contributed by atoms with Gasteiger partial charge >= 0.3 is 6.61 Å². The van der Waals surface area contributed by atoms with E-state index in [9.17, 15) is 17.2 Å². The molecule has 0 radical (unpaired) electrons. The second-order valence-electron chi connectivity index (χ2n) is 5.67. The molecule has 0 bridgehead atoms. The molecule has 1 N–H and O–H groups in total. The van der Waals surface area contributed by atoms with E-state index in [0.29, 0.717) is 0 Å². The molecule has 7 heteroatoms. The Morgan fingerprint density at radius 3 is 2.25 bits per heavy atom. The average molecular weight is 353 g/mol. The first-order valence-electron chi connectivity index (χ1n) is 7.58. The summed E-state index contributed by atoms with van der Waals surface area (Å²) in [5.41, 5.74) is 0.857. The van der Waals surface area contributed by atoms with Gasteiger partial charge in [0.1, 0.15) is 10.6 Å². The first-order valence-corrected chi connectivity index (χ1v) is 9.07. The Kier molecular flexibility index (Phi) is 4.82. The van der Waals surface area contributed by atoms with Gasteiger partial charge in [0.2, 0.25) is 10.0 Å². The van der Waals surface area contributed by atoms with Gasteiger partial charge in [-0.05, 0) is 36.5 Å². The number of para-hydroxylation sites is 1. The molecule has 1 fully saturated rings. The van der Waals surface area contributed by atoms with Gasteiger partial charge in [-0.3, -0.25) is 0 Å². The van der Waals surface area contributed by atoms with Gasteiger partial charge in [-0.25, -0.2) is 13.1 Å². The van der Waals surface area contributed by atoms with Crippen molar-refractivity contribution in [3.63, 3.8) is 0 Å². The van der Waals surface area contributed by atoms with Gasteiger partial charge < -0.3 is 4.74 Å². The Hall–Kier alpha value is -1.99. The van der Waals surface area contributed by atoms with Gasteiger partial charge in [0.05, 0.1) is 0 Å². The first-order chi connectivity index (χ1) is 11.5. The number of rotatable bonds is 7. The second kappa shape index (κ2) is 6.86. The van der Waals surface area contributed by atoms with E-state index < -0.39 is 16.6 Å². The predicted octanol–water partition coefficient (Wildman–Crippen LogP) is 3.72. The summed E-state index contributed by atoms with van der Waals surface area (Å²) < 4.78 is 57.5. The highest BCUT2D eigenvalue weighted by Crippen LogP contribution is 2.42. The fraction of sp³-hybridized carbons (Fsp3) is 0.294. The van der Waals surface area contributed by atoms with E-state index in [4.69, 9.17) is 0 Å². The molecule has 2 aromatic rings. The molecule has 0 saturated heterocycles. The molecule has 128 valence electrons. The smallest absolute Gasteiger partial charge is 0.387 e. The van der Waals surface area contributed by atoms with Gasteiger partial charge in [0, 0.05) is 6.04 Å². The summed E-state index contributed by atoms with van der Waals surface area (Å²) in [5.74, 6) is -0.145. The van der Waals surface area contributed by atoms with E-state index in [2.05, 4.69) is 9.46 Å². The monoisotopic (exact) mass is 353 g/mol. The summed E-state index contributed by atoms with van der Waals surface area (Å²) >= 11 is 0. The lowest BCUT2D eigenvalue weighted by molar-refractivity contribution is -0.0517. The number of halogens is 2. The van der Waals surface area contributed by atoms with Crippen LogP contribution in [-0.2, 0) is 10.0 Å². The van der Waals surface area contributed by atoms with Crippen LogP contribution in [0.1, 0.15) is 24.4 Å². The van der Waals surface area contributed by atoms with Crippen molar-refractivity contribution >= 4 is 10.0 Å². The van der Waals surface area contributed by atoms with Crippen LogP contribution in [0.25, 0.3) is 0 Å². The molecule has 2 aromatic carbocycles. The summed E-state index contributed by atoms with van der Waals surface area (Å²) in [4.78, 5) is -0.285. The van der Waals surface area contributed by atoms with Crippen molar-refractivity contribution in [2.24, 2.45) is 5.92 Å². The molecule has 0 aliphatic heterocycles. The molecule has 0 aromatic heterocycles. The van der Waals surface area contributed by atoms with Gasteiger partial charge in [0.15, 0.2) is 0 Å². The summed E-state index contributed by atoms with van der Waals surface area (Å²) in [5, 5.41) is 0. The number of nitrogens with one attached hydrogen (secondary N) is 1. The maximum Gasteiger partial charge on any atom is 0.387 e. The Balaban J connectivity index is 1.90. The van der Waals surface area contributed by atoms with Crippen LogP contribution in [0.5, 0.6) is 5.75 Å². The Labute approximate surface area is 139 Å². The minimum absolute atomic E-state index is 0.213. The fourth-order valence-corrected chi connectivity index (χ4v) is 4.05. The highest BCUT2D eigenvalue weighted by Gasteiger charge is 2.36. The molecule has 0 heterocycles. The molecular weight excluding hydrogens is 336 g/mol. The minimum atomic E-state index is -4.00. The lowest BCUT2D eigenvalue weighted by atomic mass is 10.0. The molecule has 1 aliphatic carbocycles. The van der Waals surface area contributed by atoms with Crippen LogP contribution in [0, 0.1) is 5.92 Å². The van der Waals surface area contributed by atoms with Gasteiger partial charge in [-0.1, -0.05) is 42.5 Å². The third kappa shape index (κ3) is 3.91. The van der Waals surface area contributed by atoms with Crippen LogP contribution in [-0.4, -0.2) is 15.0 Å². The van der Waals surface area contributed by atoms with Gasteiger partial charge in [-0.15, -0.1) is 0 Å². The van der Waals surface area contributed by atoms with E-state index in [0.717, 1.165) is 18.4 Å². The van der Waals surface area contributed by atoms with Crippen molar-refractivity contribution in [3.8, 4) is 5.75 Å². The molecule has 4 nitrogen and oxygen atoms in total. The molecule has 1 atom stereocenters. The second-order valence-corrected chi connectivity index (χ2v) is 7.35. The van der Waals surface area contributed by atoms with Crippen molar-refractivity contribution in [1.82, 2.24) is 4.72 Å². The average Bonchev–Trinajstić information content (AvgIpc) is 3.38. The van der Waals surface area contributed by atoms with Gasteiger partial charge in [-0.2, -0.15) is 8.78 Å². The maximum absolute atomic E-state index is 12.7. The van der Waals surface area contributed by atoms with Crippen LogP contribution in [0.4, 0.5) is 8.78 Å². The SMILES string of the molecule is O=S(=O)(NC(c1ccccc1)C1CC1)c1ccccc1OC(F)F. The summed E-state index contributed by atoms with van der Waals surface area (Å²) in [6.07, 6.45) is 1.86. The topological polar surface area (TPSA) is 55.4 Å². The van der Waals surface area contributed by atoms with Crippen LogP contribution in [0.15, 0.2) is 59.5 Å². The quantitative estimate of drug-likeness (QED) is 0.825. The molecule has 1 unspecified atom stereocenters. The van der Waals surface area contributed by atoms with E-state index in [1.165, 1.54) is 24.3 Å². The third-order valence-electron chi connectivity index (χ3n) is 3.89. The van der Waals surface area contributed by atoms with Crippen molar-refractivity contribution in [2.45, 2.75) is 30.4 Å². The number of benzene rings is 2. The minimum Gasteiger partial charge on any atom is -0.433 e. The highest BCUT2D eigenvalue weighted by molar-refractivity contribution is 7.89. The van der Waals surface area contributed by atoms with E-state index in [1.54, 1.807) is 0 Å².